The molecule has 3 rings (SSSR count). The molecular formula is C13H13N7O3S. The van der Waals surface area contributed by atoms with Gasteiger partial charge in [-0.2, -0.15) is 18.4 Å². The van der Waals surface area contributed by atoms with Crippen LogP contribution in [0.25, 0.3) is 11.2 Å². The van der Waals surface area contributed by atoms with Crippen LogP contribution in [0.1, 0.15) is 0 Å². The van der Waals surface area contributed by atoms with E-state index < -0.39 is 10.1 Å². The van der Waals surface area contributed by atoms with Gasteiger partial charge < -0.3 is 16.4 Å². The molecule has 0 amide bonds. The Kier molecular flexibility index (Phi) is 3.66. The molecule has 124 valence electrons. The zero-order valence-corrected chi connectivity index (χ0v) is 13.3. The molecule has 0 atom stereocenters. The van der Waals surface area contributed by atoms with Crippen LogP contribution >= 0.6 is 0 Å². The van der Waals surface area contributed by atoms with Crippen LogP contribution in [-0.2, 0) is 10.1 Å². The summed E-state index contributed by atoms with van der Waals surface area (Å²) >= 11 is 0. The zero-order chi connectivity index (χ0) is 17.5. The fraction of sp³-hybridized carbons (Fsp3) is 0.0769. The van der Waals surface area contributed by atoms with Crippen molar-refractivity contribution in [2.45, 2.75) is 4.90 Å². The van der Waals surface area contributed by atoms with Crippen LogP contribution in [0.15, 0.2) is 35.4 Å². The molecule has 0 radical (unpaired) electrons. The summed E-state index contributed by atoms with van der Waals surface area (Å²) in [7, 11) is -2.52. The topological polar surface area (TPSA) is 161 Å². The maximum atomic E-state index is 11.1. The van der Waals surface area contributed by atoms with Crippen LogP contribution in [0.5, 0.6) is 0 Å². The second kappa shape index (κ2) is 5.54. The second-order valence-electron chi connectivity index (χ2n) is 4.90. The molecule has 0 bridgehead atoms. The van der Waals surface area contributed by atoms with Gasteiger partial charge in [0.1, 0.15) is 0 Å². The highest BCUT2D eigenvalue weighted by Crippen LogP contribution is 2.25. The van der Waals surface area contributed by atoms with Crippen LogP contribution < -0.4 is 16.4 Å². The van der Waals surface area contributed by atoms with Crippen molar-refractivity contribution < 1.29 is 13.0 Å². The molecular weight excluding hydrogens is 334 g/mol. The third-order valence-corrected chi connectivity index (χ3v) is 4.17. The van der Waals surface area contributed by atoms with Gasteiger partial charge in [-0.15, -0.1) is 0 Å². The standard InChI is InChI=1S/C13H13N7O3S/c1-20(7-2-4-8(5-3-7)24(21,22)23)9-6-16-12-10(17-9)11(14)18-13(15)19-12/h2-6H,1H3,(H,21,22,23)(H4,14,15,16,18,19). The summed E-state index contributed by atoms with van der Waals surface area (Å²) in [6.45, 7) is 0. The number of hydrogen-bond donors (Lipinski definition) is 3. The molecule has 1 aromatic carbocycles. The Bertz CT molecular complexity index is 1020. The van der Waals surface area contributed by atoms with Crippen molar-refractivity contribution in [3.8, 4) is 0 Å². The lowest BCUT2D eigenvalue weighted by Crippen LogP contribution is -2.13. The summed E-state index contributed by atoms with van der Waals surface area (Å²) in [5.74, 6) is 0.570. The molecule has 3 aromatic rings. The monoisotopic (exact) mass is 347 g/mol. The number of hydrogen-bond acceptors (Lipinski definition) is 9. The Hall–Kier alpha value is -3.05. The van der Waals surface area contributed by atoms with Crippen molar-refractivity contribution in [1.29, 1.82) is 0 Å². The summed E-state index contributed by atoms with van der Waals surface area (Å²) in [5.41, 5.74) is 12.5. The van der Waals surface area contributed by atoms with Gasteiger partial charge in [-0.05, 0) is 24.3 Å². The first kappa shape index (κ1) is 15.8. The van der Waals surface area contributed by atoms with Gasteiger partial charge in [0.2, 0.25) is 5.95 Å². The minimum absolute atomic E-state index is 0.0104. The molecule has 5 N–H and O–H groups in total. The molecule has 0 saturated heterocycles. The van der Waals surface area contributed by atoms with Crippen LogP contribution in [0.4, 0.5) is 23.3 Å². The van der Waals surface area contributed by atoms with Crippen LogP contribution in [-0.4, -0.2) is 40.0 Å². The van der Waals surface area contributed by atoms with Gasteiger partial charge >= 0.3 is 0 Å². The summed E-state index contributed by atoms with van der Waals surface area (Å²) < 4.78 is 31.2. The highest BCUT2D eigenvalue weighted by Gasteiger charge is 2.13. The van der Waals surface area contributed by atoms with Crippen molar-refractivity contribution >= 4 is 44.6 Å². The van der Waals surface area contributed by atoms with Gasteiger partial charge in [0.15, 0.2) is 22.8 Å². The normalized spacial score (nSPS) is 11.6. The quantitative estimate of drug-likeness (QED) is 0.572. The maximum Gasteiger partial charge on any atom is 0.294 e. The maximum absolute atomic E-state index is 11.1. The van der Waals surface area contributed by atoms with Crippen LogP contribution in [0.3, 0.4) is 0 Å². The van der Waals surface area contributed by atoms with Crippen LogP contribution in [0, 0.1) is 0 Å². The SMILES string of the molecule is CN(c1ccc(S(=O)(=O)O)cc1)c1cnc2nc(N)nc(N)c2n1. The number of fused-ring (bicyclic) bond motifs is 1. The first-order valence-electron chi connectivity index (χ1n) is 6.63. The highest BCUT2D eigenvalue weighted by molar-refractivity contribution is 7.85. The molecule has 0 saturated carbocycles. The van der Waals surface area contributed by atoms with E-state index >= 15 is 0 Å². The second-order valence-corrected chi connectivity index (χ2v) is 6.32. The van der Waals surface area contributed by atoms with E-state index in [9.17, 15) is 8.42 Å². The van der Waals surface area contributed by atoms with Gasteiger partial charge in [-0.1, -0.05) is 0 Å². The Morgan fingerprint density at radius 1 is 1.08 bits per heavy atom. The minimum Gasteiger partial charge on any atom is -0.382 e. The Morgan fingerprint density at radius 3 is 2.38 bits per heavy atom. The molecule has 0 aliphatic carbocycles. The number of anilines is 4. The zero-order valence-electron chi connectivity index (χ0n) is 12.4. The molecule has 0 spiro atoms. The summed E-state index contributed by atoms with van der Waals surface area (Å²) in [6.07, 6.45) is 1.48. The van der Waals surface area contributed by atoms with Crippen LogP contribution in [0.2, 0.25) is 0 Å². The molecule has 0 aliphatic heterocycles. The van der Waals surface area contributed by atoms with E-state index in [0.717, 1.165) is 0 Å². The number of benzene rings is 1. The Labute approximate surface area is 136 Å². The first-order chi connectivity index (χ1) is 11.3. The largest absolute Gasteiger partial charge is 0.382 e. The Morgan fingerprint density at radius 2 is 1.75 bits per heavy atom. The summed E-state index contributed by atoms with van der Waals surface area (Å²) in [6, 6.07) is 5.62. The smallest absolute Gasteiger partial charge is 0.294 e. The fourth-order valence-corrected chi connectivity index (χ4v) is 2.55. The van der Waals surface area contributed by atoms with E-state index in [1.807, 2.05) is 0 Å². The molecule has 11 heteroatoms. The Balaban J connectivity index is 2.00. The third-order valence-electron chi connectivity index (χ3n) is 3.30. The predicted octanol–water partition coefficient (Wildman–Crippen LogP) is 0.599. The van der Waals surface area contributed by atoms with E-state index in [-0.39, 0.29) is 22.3 Å². The van der Waals surface area contributed by atoms with Gasteiger partial charge in [0.05, 0.1) is 11.1 Å². The lowest BCUT2D eigenvalue weighted by Gasteiger charge is -2.18. The molecule has 24 heavy (non-hydrogen) atoms. The van der Waals surface area contributed by atoms with E-state index in [2.05, 4.69) is 19.9 Å². The lowest BCUT2D eigenvalue weighted by molar-refractivity contribution is 0.483. The average molecular weight is 347 g/mol. The van der Waals surface area contributed by atoms with Gasteiger partial charge in [-0.25, -0.2) is 9.97 Å². The number of aromatic nitrogens is 4. The number of rotatable bonds is 3. The summed E-state index contributed by atoms with van der Waals surface area (Å²) in [5, 5.41) is 0. The molecule has 10 nitrogen and oxygen atoms in total. The molecule has 0 fully saturated rings. The number of nitrogens with zero attached hydrogens (tertiary/aromatic N) is 5. The average Bonchev–Trinajstić information content (AvgIpc) is 2.53. The van der Waals surface area contributed by atoms with E-state index in [1.165, 1.54) is 30.5 Å². The van der Waals surface area contributed by atoms with Crippen molar-refractivity contribution in [1.82, 2.24) is 19.9 Å². The number of nitrogen functional groups attached to an aromatic ring is 2. The fourth-order valence-electron chi connectivity index (χ4n) is 2.07. The van der Waals surface area contributed by atoms with E-state index in [0.29, 0.717) is 17.0 Å². The molecule has 2 heterocycles. The van der Waals surface area contributed by atoms with E-state index in [1.54, 1.807) is 11.9 Å². The third kappa shape index (κ3) is 2.89. The summed E-state index contributed by atoms with van der Waals surface area (Å²) in [4.78, 5) is 17.8. The minimum atomic E-state index is -4.24. The first-order valence-corrected chi connectivity index (χ1v) is 8.07. The number of nitrogens with two attached hydrogens (primary N) is 2. The lowest BCUT2D eigenvalue weighted by atomic mass is 10.3. The van der Waals surface area contributed by atoms with Gasteiger partial charge in [-0.3, -0.25) is 4.55 Å². The molecule has 0 aliphatic rings. The van der Waals surface area contributed by atoms with Crippen molar-refractivity contribution in [3.05, 3.63) is 30.5 Å². The van der Waals surface area contributed by atoms with Gasteiger partial charge in [0, 0.05) is 12.7 Å². The van der Waals surface area contributed by atoms with Gasteiger partial charge in [0.25, 0.3) is 10.1 Å². The van der Waals surface area contributed by atoms with Crippen molar-refractivity contribution in [2.75, 3.05) is 23.4 Å². The predicted molar refractivity (Wildman–Crippen MR) is 88.3 cm³/mol. The van der Waals surface area contributed by atoms with Crippen molar-refractivity contribution in [3.63, 3.8) is 0 Å². The van der Waals surface area contributed by atoms with Crippen molar-refractivity contribution in [2.24, 2.45) is 0 Å². The molecule has 0 unspecified atom stereocenters. The highest BCUT2D eigenvalue weighted by atomic mass is 32.2. The molecule has 2 aromatic heterocycles. The van der Waals surface area contributed by atoms with E-state index in [4.69, 9.17) is 16.0 Å².